The van der Waals surface area contributed by atoms with Crippen molar-refractivity contribution in [3.63, 3.8) is 0 Å². The van der Waals surface area contributed by atoms with E-state index < -0.39 is 0 Å². The SMILES string of the molecule is Cc1nc2cnc3ccc(-c4cnc5[nH]ccc5c4)cc3c2n1[C@@H](C)c1ccc(F)cc1. The van der Waals surface area contributed by atoms with Gasteiger partial charge in [0.2, 0.25) is 0 Å². The zero-order chi connectivity index (χ0) is 21.8. The number of nitrogens with one attached hydrogen (secondary N) is 1. The molecule has 32 heavy (non-hydrogen) atoms. The van der Waals surface area contributed by atoms with Gasteiger partial charge >= 0.3 is 0 Å². The number of halogens is 1. The summed E-state index contributed by atoms with van der Waals surface area (Å²) in [5, 5.41) is 2.11. The van der Waals surface area contributed by atoms with Gasteiger partial charge in [-0.2, -0.15) is 0 Å². The van der Waals surface area contributed by atoms with Crippen LogP contribution in [-0.4, -0.2) is 24.5 Å². The summed E-state index contributed by atoms with van der Waals surface area (Å²) < 4.78 is 15.7. The van der Waals surface area contributed by atoms with Gasteiger partial charge in [-0.3, -0.25) is 4.98 Å². The molecule has 6 aromatic rings. The number of rotatable bonds is 3. The van der Waals surface area contributed by atoms with E-state index in [0.717, 1.165) is 55.5 Å². The third-order valence-electron chi connectivity index (χ3n) is 6.17. The number of pyridine rings is 2. The first-order valence-electron chi connectivity index (χ1n) is 10.5. The highest BCUT2D eigenvalue weighted by atomic mass is 19.1. The van der Waals surface area contributed by atoms with Gasteiger partial charge in [0, 0.05) is 28.7 Å². The summed E-state index contributed by atoms with van der Waals surface area (Å²) >= 11 is 0. The number of hydrogen-bond acceptors (Lipinski definition) is 3. The molecule has 1 atom stereocenters. The number of nitrogens with zero attached hydrogens (tertiary/aromatic N) is 4. The second kappa shape index (κ2) is 6.99. The van der Waals surface area contributed by atoms with Crippen molar-refractivity contribution >= 4 is 33.0 Å². The molecule has 6 heteroatoms. The summed E-state index contributed by atoms with van der Waals surface area (Å²) in [5.74, 6) is 0.660. The minimum atomic E-state index is -0.236. The summed E-state index contributed by atoms with van der Waals surface area (Å²) in [7, 11) is 0. The number of benzene rings is 2. The Morgan fingerprint density at radius 3 is 2.59 bits per heavy atom. The van der Waals surface area contributed by atoms with E-state index in [-0.39, 0.29) is 11.9 Å². The largest absolute Gasteiger partial charge is 0.346 e. The number of aryl methyl sites for hydroxylation is 1. The van der Waals surface area contributed by atoms with Gasteiger partial charge in [-0.25, -0.2) is 14.4 Å². The van der Waals surface area contributed by atoms with E-state index in [2.05, 4.69) is 44.6 Å². The van der Waals surface area contributed by atoms with Crippen LogP contribution in [0.25, 0.3) is 44.1 Å². The zero-order valence-corrected chi connectivity index (χ0v) is 17.7. The van der Waals surface area contributed by atoms with Crippen molar-refractivity contribution in [3.8, 4) is 11.1 Å². The van der Waals surface area contributed by atoms with E-state index >= 15 is 0 Å². The van der Waals surface area contributed by atoms with Gasteiger partial charge in [-0.15, -0.1) is 0 Å². The Labute approximate surface area is 183 Å². The summed E-state index contributed by atoms with van der Waals surface area (Å²) in [4.78, 5) is 17.1. The van der Waals surface area contributed by atoms with Gasteiger partial charge in [-0.1, -0.05) is 18.2 Å². The molecule has 0 unspecified atom stereocenters. The highest BCUT2D eigenvalue weighted by Gasteiger charge is 2.18. The molecular weight excluding hydrogens is 401 g/mol. The highest BCUT2D eigenvalue weighted by molar-refractivity contribution is 6.04. The number of imidazole rings is 1. The van der Waals surface area contributed by atoms with Gasteiger partial charge in [0.15, 0.2) is 0 Å². The molecule has 0 aliphatic carbocycles. The zero-order valence-electron chi connectivity index (χ0n) is 17.7. The smallest absolute Gasteiger partial charge is 0.137 e. The van der Waals surface area contributed by atoms with E-state index in [4.69, 9.17) is 4.98 Å². The molecule has 4 heterocycles. The van der Waals surface area contributed by atoms with Crippen LogP contribution in [0.2, 0.25) is 0 Å². The van der Waals surface area contributed by atoms with Crippen LogP contribution in [0.4, 0.5) is 4.39 Å². The fourth-order valence-corrected chi connectivity index (χ4v) is 4.53. The minimum Gasteiger partial charge on any atom is -0.346 e. The van der Waals surface area contributed by atoms with Crippen LogP contribution >= 0.6 is 0 Å². The van der Waals surface area contributed by atoms with Crippen molar-refractivity contribution in [2.24, 2.45) is 0 Å². The average molecular weight is 421 g/mol. The Kier molecular flexibility index (Phi) is 4.08. The minimum absolute atomic E-state index is 0.00673. The second-order valence-electron chi connectivity index (χ2n) is 8.12. The number of hydrogen-bond donors (Lipinski definition) is 1. The normalized spacial score (nSPS) is 12.7. The number of aromatic nitrogens is 5. The molecule has 0 aliphatic rings. The third kappa shape index (κ3) is 2.87. The molecule has 0 aliphatic heterocycles. The van der Waals surface area contributed by atoms with E-state index in [0.29, 0.717) is 0 Å². The lowest BCUT2D eigenvalue weighted by Crippen LogP contribution is -2.09. The van der Waals surface area contributed by atoms with Gasteiger partial charge in [0.05, 0.1) is 23.3 Å². The first-order chi connectivity index (χ1) is 15.6. The van der Waals surface area contributed by atoms with Gasteiger partial charge in [-0.05, 0) is 61.4 Å². The molecule has 0 fully saturated rings. The quantitative estimate of drug-likeness (QED) is 0.371. The Bertz CT molecular complexity index is 1610. The van der Waals surface area contributed by atoms with Crippen LogP contribution < -0.4 is 0 Å². The molecule has 2 aromatic carbocycles. The molecule has 6 rings (SSSR count). The maximum atomic E-state index is 13.5. The van der Waals surface area contributed by atoms with E-state index in [1.165, 1.54) is 12.1 Å². The lowest BCUT2D eigenvalue weighted by atomic mass is 10.0. The standard InChI is InChI=1S/C26H20FN5/c1-15(17-3-6-21(27)7-4-17)32-16(2)31-24-14-29-23-8-5-18(12-22(23)25(24)32)20-11-19-9-10-28-26(19)30-13-20/h3-15H,1-2H3,(H,28,30)/t15-/m0/s1. The van der Waals surface area contributed by atoms with E-state index in [9.17, 15) is 4.39 Å². The molecule has 156 valence electrons. The second-order valence-corrected chi connectivity index (χ2v) is 8.12. The topological polar surface area (TPSA) is 59.4 Å². The summed E-state index contributed by atoms with van der Waals surface area (Å²) in [5.41, 5.74) is 6.80. The van der Waals surface area contributed by atoms with Gasteiger partial charge < -0.3 is 9.55 Å². The molecule has 0 saturated carbocycles. The van der Waals surface area contributed by atoms with Crippen molar-refractivity contribution in [1.82, 2.24) is 24.5 Å². The lowest BCUT2D eigenvalue weighted by Gasteiger charge is -2.18. The van der Waals surface area contributed by atoms with Crippen molar-refractivity contribution < 1.29 is 4.39 Å². The van der Waals surface area contributed by atoms with Crippen molar-refractivity contribution in [1.29, 1.82) is 0 Å². The Hall–Kier alpha value is -4.06. The maximum absolute atomic E-state index is 13.5. The maximum Gasteiger partial charge on any atom is 0.137 e. The highest BCUT2D eigenvalue weighted by Crippen LogP contribution is 2.33. The summed E-state index contributed by atoms with van der Waals surface area (Å²) in [6.45, 7) is 4.11. The molecule has 0 amide bonds. The van der Waals surface area contributed by atoms with Crippen LogP contribution in [0.5, 0.6) is 0 Å². The fourth-order valence-electron chi connectivity index (χ4n) is 4.53. The predicted molar refractivity (Wildman–Crippen MR) is 125 cm³/mol. The summed E-state index contributed by atoms with van der Waals surface area (Å²) in [6, 6.07) is 17.1. The van der Waals surface area contributed by atoms with Crippen LogP contribution in [-0.2, 0) is 0 Å². The van der Waals surface area contributed by atoms with Crippen molar-refractivity contribution in [2.75, 3.05) is 0 Å². The monoisotopic (exact) mass is 421 g/mol. The Morgan fingerprint density at radius 2 is 1.75 bits per heavy atom. The molecule has 5 nitrogen and oxygen atoms in total. The molecule has 0 radical (unpaired) electrons. The predicted octanol–water partition coefficient (Wildman–Crippen LogP) is 6.18. The molecule has 0 spiro atoms. The Morgan fingerprint density at radius 1 is 0.906 bits per heavy atom. The van der Waals surface area contributed by atoms with Crippen molar-refractivity contribution in [3.05, 3.63) is 90.4 Å². The molecule has 1 N–H and O–H groups in total. The molecular formula is C26H20FN5. The average Bonchev–Trinajstić information content (AvgIpc) is 3.41. The molecule has 0 bridgehead atoms. The van der Waals surface area contributed by atoms with Crippen LogP contribution in [0.15, 0.2) is 73.2 Å². The van der Waals surface area contributed by atoms with Gasteiger partial charge in [0.1, 0.15) is 22.8 Å². The summed E-state index contributed by atoms with van der Waals surface area (Å²) in [6.07, 6.45) is 5.61. The lowest BCUT2D eigenvalue weighted by molar-refractivity contribution is 0.615. The number of aromatic amines is 1. The van der Waals surface area contributed by atoms with E-state index in [1.807, 2.05) is 49.8 Å². The van der Waals surface area contributed by atoms with Gasteiger partial charge in [0.25, 0.3) is 0 Å². The van der Waals surface area contributed by atoms with Crippen LogP contribution in [0.3, 0.4) is 0 Å². The number of H-pyrrole nitrogens is 1. The van der Waals surface area contributed by atoms with E-state index in [1.54, 1.807) is 0 Å². The first kappa shape index (κ1) is 18.7. The van der Waals surface area contributed by atoms with Crippen molar-refractivity contribution in [2.45, 2.75) is 19.9 Å². The molecule has 0 saturated heterocycles. The van der Waals surface area contributed by atoms with Crippen LogP contribution in [0, 0.1) is 12.7 Å². The first-order valence-corrected chi connectivity index (χ1v) is 10.5. The fraction of sp³-hybridized carbons (Fsp3) is 0.115. The Balaban J connectivity index is 1.58. The van der Waals surface area contributed by atoms with Crippen LogP contribution in [0.1, 0.15) is 24.4 Å². The molecule has 4 aromatic heterocycles. The number of fused-ring (bicyclic) bond motifs is 4. The third-order valence-corrected chi connectivity index (χ3v) is 6.17.